The molecule has 0 spiro atoms. The van der Waals surface area contributed by atoms with Crippen LogP contribution in [0.1, 0.15) is 12.0 Å². The van der Waals surface area contributed by atoms with Crippen LogP contribution < -0.4 is 5.73 Å². The lowest BCUT2D eigenvalue weighted by Crippen LogP contribution is -2.26. The van der Waals surface area contributed by atoms with E-state index >= 15 is 0 Å². The summed E-state index contributed by atoms with van der Waals surface area (Å²) in [5.74, 6) is 0. The average molecular weight is 282 g/mol. The highest BCUT2D eigenvalue weighted by atomic mass is 35.5. The quantitative estimate of drug-likeness (QED) is 0.903. The third kappa shape index (κ3) is 3.79. The first-order chi connectivity index (χ1) is 7.13. The smallest absolute Gasteiger partial charge is 0.0424 e. The van der Waals surface area contributed by atoms with Crippen molar-refractivity contribution < 1.29 is 0 Å². The Bertz CT molecular complexity index is 337. The van der Waals surface area contributed by atoms with E-state index in [1.54, 1.807) is 6.07 Å². The number of hydrogen-bond donors (Lipinski definition) is 1. The van der Waals surface area contributed by atoms with Crippen LogP contribution in [-0.4, -0.2) is 24.0 Å². The Morgan fingerprint density at radius 2 is 1.88 bits per heavy atom. The number of benzene rings is 1. The molecule has 0 saturated carbocycles. The van der Waals surface area contributed by atoms with Crippen LogP contribution in [-0.2, 0) is 6.54 Å². The molecule has 1 unspecified atom stereocenters. The fourth-order valence-corrected chi connectivity index (χ4v) is 2.54. The number of hydrogen-bond acceptors (Lipinski definition) is 2. The van der Waals surface area contributed by atoms with Crippen molar-refractivity contribution in [3.63, 3.8) is 0 Å². The number of halogens is 3. The summed E-state index contributed by atoms with van der Waals surface area (Å²) in [5, 5.41) is 1.39. The van der Waals surface area contributed by atoms with E-state index in [0.29, 0.717) is 16.1 Å². The minimum absolute atomic E-state index is 0. The van der Waals surface area contributed by atoms with Gasteiger partial charge in [-0.3, -0.25) is 4.90 Å². The SMILES string of the molecule is Cl.NC1CCN(Cc2cc(Cl)cc(Cl)c2)C1. The van der Waals surface area contributed by atoms with Crippen LogP contribution in [0.15, 0.2) is 18.2 Å². The molecule has 1 fully saturated rings. The van der Waals surface area contributed by atoms with Crippen LogP contribution in [0, 0.1) is 0 Å². The monoisotopic (exact) mass is 280 g/mol. The molecule has 1 aliphatic rings. The van der Waals surface area contributed by atoms with Crippen molar-refractivity contribution in [1.29, 1.82) is 0 Å². The van der Waals surface area contributed by atoms with Crippen molar-refractivity contribution in [2.24, 2.45) is 5.73 Å². The van der Waals surface area contributed by atoms with Gasteiger partial charge in [0.25, 0.3) is 0 Å². The zero-order valence-corrected chi connectivity index (χ0v) is 11.2. The van der Waals surface area contributed by atoms with Crippen LogP contribution in [0.3, 0.4) is 0 Å². The molecule has 2 nitrogen and oxygen atoms in total. The molecule has 16 heavy (non-hydrogen) atoms. The molecule has 1 heterocycles. The van der Waals surface area contributed by atoms with E-state index in [0.717, 1.165) is 31.6 Å². The van der Waals surface area contributed by atoms with Gasteiger partial charge in [0.05, 0.1) is 0 Å². The molecule has 0 radical (unpaired) electrons. The molecule has 1 saturated heterocycles. The average Bonchev–Trinajstić information content (AvgIpc) is 2.49. The van der Waals surface area contributed by atoms with Gasteiger partial charge in [-0.1, -0.05) is 23.2 Å². The Kier molecular flexibility index (Phi) is 5.35. The highest BCUT2D eigenvalue weighted by molar-refractivity contribution is 6.34. The highest BCUT2D eigenvalue weighted by Crippen LogP contribution is 2.21. The fourth-order valence-electron chi connectivity index (χ4n) is 1.97. The van der Waals surface area contributed by atoms with Gasteiger partial charge in [0, 0.05) is 35.7 Å². The Balaban J connectivity index is 0.00000128. The van der Waals surface area contributed by atoms with Gasteiger partial charge in [-0.05, 0) is 30.2 Å². The minimum Gasteiger partial charge on any atom is -0.326 e. The summed E-state index contributed by atoms with van der Waals surface area (Å²) in [7, 11) is 0. The van der Waals surface area contributed by atoms with Gasteiger partial charge in [-0.15, -0.1) is 12.4 Å². The van der Waals surface area contributed by atoms with Crippen LogP contribution in [0.25, 0.3) is 0 Å². The number of rotatable bonds is 2. The molecule has 1 aromatic carbocycles. The standard InChI is InChI=1S/C11H14Cl2N2.ClH/c12-9-3-8(4-10(13)5-9)6-15-2-1-11(14)7-15;/h3-5,11H,1-2,6-7,14H2;1H. The van der Waals surface area contributed by atoms with E-state index in [1.165, 1.54) is 0 Å². The van der Waals surface area contributed by atoms with Crippen molar-refractivity contribution in [2.75, 3.05) is 13.1 Å². The molecular formula is C11H15Cl3N2. The van der Waals surface area contributed by atoms with E-state index in [-0.39, 0.29) is 12.4 Å². The molecule has 0 amide bonds. The molecule has 1 aromatic rings. The second kappa shape index (κ2) is 6.08. The third-order valence-electron chi connectivity index (χ3n) is 2.64. The zero-order chi connectivity index (χ0) is 10.8. The molecule has 0 bridgehead atoms. The maximum atomic E-state index is 5.94. The number of nitrogens with two attached hydrogens (primary N) is 1. The van der Waals surface area contributed by atoms with E-state index < -0.39 is 0 Å². The largest absolute Gasteiger partial charge is 0.326 e. The first-order valence-corrected chi connectivity index (χ1v) is 5.82. The summed E-state index contributed by atoms with van der Waals surface area (Å²) in [5.41, 5.74) is 7.00. The molecule has 2 rings (SSSR count). The van der Waals surface area contributed by atoms with Crippen molar-refractivity contribution in [1.82, 2.24) is 4.90 Å². The maximum Gasteiger partial charge on any atom is 0.0424 e. The van der Waals surface area contributed by atoms with Gasteiger partial charge >= 0.3 is 0 Å². The first-order valence-electron chi connectivity index (χ1n) is 5.06. The fraction of sp³-hybridized carbons (Fsp3) is 0.455. The van der Waals surface area contributed by atoms with Crippen molar-refractivity contribution >= 4 is 35.6 Å². The van der Waals surface area contributed by atoms with Crippen molar-refractivity contribution in [3.8, 4) is 0 Å². The van der Waals surface area contributed by atoms with Gasteiger partial charge < -0.3 is 5.73 Å². The zero-order valence-electron chi connectivity index (χ0n) is 8.83. The van der Waals surface area contributed by atoms with Gasteiger partial charge in [0.1, 0.15) is 0 Å². The first kappa shape index (κ1) is 14.1. The van der Waals surface area contributed by atoms with Gasteiger partial charge in [0.15, 0.2) is 0 Å². The molecule has 0 aromatic heterocycles. The van der Waals surface area contributed by atoms with Gasteiger partial charge in [-0.2, -0.15) is 0 Å². The molecule has 1 aliphatic heterocycles. The lowest BCUT2D eigenvalue weighted by Gasteiger charge is -2.15. The van der Waals surface area contributed by atoms with E-state index in [2.05, 4.69) is 4.90 Å². The Morgan fingerprint density at radius 1 is 1.25 bits per heavy atom. The summed E-state index contributed by atoms with van der Waals surface area (Å²) in [6, 6.07) is 5.98. The Morgan fingerprint density at radius 3 is 2.38 bits per heavy atom. The van der Waals surface area contributed by atoms with Gasteiger partial charge in [0.2, 0.25) is 0 Å². The summed E-state index contributed by atoms with van der Waals surface area (Å²) in [6.45, 7) is 2.91. The van der Waals surface area contributed by atoms with Crippen LogP contribution >= 0.6 is 35.6 Å². The lowest BCUT2D eigenvalue weighted by atomic mass is 10.2. The second-order valence-electron chi connectivity index (χ2n) is 4.06. The second-order valence-corrected chi connectivity index (χ2v) is 4.93. The summed E-state index contributed by atoms with van der Waals surface area (Å²) in [6.07, 6.45) is 1.08. The molecule has 5 heteroatoms. The predicted octanol–water partition coefficient (Wildman–Crippen LogP) is 2.95. The van der Waals surface area contributed by atoms with Crippen molar-refractivity contribution in [3.05, 3.63) is 33.8 Å². The molecule has 2 N–H and O–H groups in total. The van der Waals surface area contributed by atoms with Gasteiger partial charge in [-0.25, -0.2) is 0 Å². The molecule has 1 atom stereocenters. The predicted molar refractivity (Wildman–Crippen MR) is 71.6 cm³/mol. The molecule has 0 aliphatic carbocycles. The highest BCUT2D eigenvalue weighted by Gasteiger charge is 2.18. The summed E-state index contributed by atoms with van der Waals surface area (Å²) in [4.78, 5) is 2.33. The topological polar surface area (TPSA) is 29.3 Å². The molecule has 90 valence electrons. The van der Waals surface area contributed by atoms with E-state index in [4.69, 9.17) is 28.9 Å². The van der Waals surface area contributed by atoms with Crippen LogP contribution in [0.5, 0.6) is 0 Å². The summed E-state index contributed by atoms with van der Waals surface area (Å²) < 4.78 is 0. The van der Waals surface area contributed by atoms with Crippen LogP contribution in [0.2, 0.25) is 10.0 Å². The summed E-state index contributed by atoms with van der Waals surface area (Å²) >= 11 is 11.9. The van der Waals surface area contributed by atoms with E-state index in [1.807, 2.05) is 12.1 Å². The van der Waals surface area contributed by atoms with E-state index in [9.17, 15) is 0 Å². The molecular weight excluding hydrogens is 266 g/mol. The van der Waals surface area contributed by atoms with Crippen LogP contribution in [0.4, 0.5) is 0 Å². The minimum atomic E-state index is 0. The third-order valence-corrected chi connectivity index (χ3v) is 3.07. The number of likely N-dealkylation sites (tertiary alicyclic amines) is 1. The maximum absolute atomic E-state index is 5.94. The lowest BCUT2D eigenvalue weighted by molar-refractivity contribution is 0.327. The number of nitrogens with zero attached hydrogens (tertiary/aromatic N) is 1. The Hall–Kier alpha value is 0.01000. The normalized spacial score (nSPS) is 20.8. The van der Waals surface area contributed by atoms with Crippen molar-refractivity contribution in [2.45, 2.75) is 19.0 Å². The Labute approximate surface area is 112 Å².